The van der Waals surface area contributed by atoms with E-state index in [1.54, 1.807) is 33.3 Å². The zero-order valence-corrected chi connectivity index (χ0v) is 18.9. The fraction of sp³-hybridized carbons (Fsp3) is 0.333. The number of hydrogen-bond acceptors (Lipinski definition) is 7. The van der Waals surface area contributed by atoms with Crippen LogP contribution in [0.5, 0.6) is 23.0 Å². The molecule has 0 aliphatic carbocycles. The molecule has 0 atom stereocenters. The number of aryl methyl sites for hydroxylation is 1. The van der Waals surface area contributed by atoms with Crippen molar-refractivity contribution in [3.05, 3.63) is 57.4 Å². The van der Waals surface area contributed by atoms with Gasteiger partial charge in [-0.05, 0) is 36.6 Å². The molecule has 32 heavy (non-hydrogen) atoms. The molecule has 0 bridgehead atoms. The predicted octanol–water partition coefficient (Wildman–Crippen LogP) is 3.04. The number of amides is 1. The molecule has 2 aromatic carbocycles. The molecular formula is C24H27NO7. The van der Waals surface area contributed by atoms with Gasteiger partial charge in [0.2, 0.25) is 5.91 Å². The van der Waals surface area contributed by atoms with Crippen LogP contribution in [0.3, 0.4) is 0 Å². The summed E-state index contributed by atoms with van der Waals surface area (Å²) in [5, 5.41) is 3.49. The van der Waals surface area contributed by atoms with E-state index in [1.165, 1.54) is 14.2 Å². The highest BCUT2D eigenvalue weighted by atomic mass is 16.5. The van der Waals surface area contributed by atoms with E-state index in [4.69, 9.17) is 23.4 Å². The molecule has 0 fully saturated rings. The Bertz CT molecular complexity index is 1180. The van der Waals surface area contributed by atoms with Crippen LogP contribution >= 0.6 is 0 Å². The van der Waals surface area contributed by atoms with Gasteiger partial charge in [-0.25, -0.2) is 4.79 Å². The van der Waals surface area contributed by atoms with Crippen molar-refractivity contribution < 1.29 is 28.2 Å². The second kappa shape index (κ2) is 10.1. The van der Waals surface area contributed by atoms with Gasteiger partial charge >= 0.3 is 5.63 Å². The molecule has 8 heteroatoms. The lowest BCUT2D eigenvalue weighted by molar-refractivity contribution is -0.120. The molecule has 0 aliphatic heterocycles. The van der Waals surface area contributed by atoms with Crippen molar-refractivity contribution in [1.29, 1.82) is 0 Å². The molecule has 3 rings (SSSR count). The van der Waals surface area contributed by atoms with Crippen LogP contribution in [0.15, 0.2) is 39.5 Å². The van der Waals surface area contributed by atoms with E-state index in [9.17, 15) is 9.59 Å². The van der Waals surface area contributed by atoms with Gasteiger partial charge in [-0.1, -0.05) is 6.07 Å². The highest BCUT2D eigenvalue weighted by molar-refractivity contribution is 5.90. The van der Waals surface area contributed by atoms with Crippen molar-refractivity contribution in [3.63, 3.8) is 0 Å². The topological polar surface area (TPSA) is 96.2 Å². The zero-order chi connectivity index (χ0) is 23.3. The zero-order valence-electron chi connectivity index (χ0n) is 18.9. The Morgan fingerprint density at radius 1 is 0.938 bits per heavy atom. The highest BCUT2D eigenvalue weighted by Gasteiger charge is 2.18. The third-order valence-corrected chi connectivity index (χ3v) is 5.29. The van der Waals surface area contributed by atoms with E-state index < -0.39 is 5.63 Å². The van der Waals surface area contributed by atoms with E-state index in [1.807, 2.05) is 18.2 Å². The minimum atomic E-state index is -0.555. The first-order valence-corrected chi connectivity index (χ1v) is 10.1. The Morgan fingerprint density at radius 2 is 1.66 bits per heavy atom. The number of rotatable bonds is 9. The summed E-state index contributed by atoms with van der Waals surface area (Å²) in [7, 11) is 6.20. The molecule has 0 saturated carbocycles. The van der Waals surface area contributed by atoms with Gasteiger partial charge in [-0.3, -0.25) is 4.79 Å². The Hall–Kier alpha value is -3.68. The molecule has 0 spiro atoms. The molecule has 0 saturated heterocycles. The molecule has 8 nitrogen and oxygen atoms in total. The summed E-state index contributed by atoms with van der Waals surface area (Å²) in [4.78, 5) is 25.1. The molecule has 0 aliphatic rings. The van der Waals surface area contributed by atoms with Crippen LogP contribution in [-0.2, 0) is 17.6 Å². The number of ether oxygens (including phenoxy) is 4. The molecule has 1 heterocycles. The number of benzene rings is 2. The smallest absolute Gasteiger partial charge is 0.340 e. The fourth-order valence-corrected chi connectivity index (χ4v) is 3.57. The summed E-state index contributed by atoms with van der Waals surface area (Å²) in [6.45, 7) is 2.19. The second-order valence-electron chi connectivity index (χ2n) is 7.16. The first-order chi connectivity index (χ1) is 15.4. The minimum absolute atomic E-state index is 0.0920. The van der Waals surface area contributed by atoms with Gasteiger partial charge in [-0.2, -0.15) is 0 Å². The molecule has 170 valence electrons. The first kappa shape index (κ1) is 23.0. The third-order valence-electron chi connectivity index (χ3n) is 5.29. The number of carbonyl (C=O) groups is 1. The van der Waals surface area contributed by atoms with E-state index in [0.717, 1.165) is 5.56 Å². The number of fused-ring (bicyclic) bond motifs is 1. The van der Waals surface area contributed by atoms with Gasteiger partial charge < -0.3 is 28.7 Å². The van der Waals surface area contributed by atoms with Crippen LogP contribution in [0, 0.1) is 6.92 Å². The minimum Gasteiger partial charge on any atom is -0.496 e. The number of methoxy groups -OCH3 is 4. The Balaban J connectivity index is 1.73. The third kappa shape index (κ3) is 4.80. The molecule has 0 unspecified atom stereocenters. The summed E-state index contributed by atoms with van der Waals surface area (Å²) >= 11 is 0. The normalized spacial score (nSPS) is 10.7. The van der Waals surface area contributed by atoms with Crippen molar-refractivity contribution in [2.45, 2.75) is 19.8 Å². The molecule has 1 N–H and O–H groups in total. The lowest BCUT2D eigenvalue weighted by Crippen LogP contribution is -2.29. The van der Waals surface area contributed by atoms with E-state index in [-0.39, 0.29) is 12.3 Å². The fourth-order valence-electron chi connectivity index (χ4n) is 3.57. The van der Waals surface area contributed by atoms with E-state index >= 15 is 0 Å². The average molecular weight is 441 g/mol. The van der Waals surface area contributed by atoms with E-state index in [0.29, 0.717) is 58.1 Å². The Kier molecular flexibility index (Phi) is 7.25. The monoisotopic (exact) mass is 441 g/mol. The number of hydrogen-bond donors (Lipinski definition) is 1. The van der Waals surface area contributed by atoms with Crippen molar-refractivity contribution >= 4 is 16.9 Å². The van der Waals surface area contributed by atoms with Gasteiger partial charge in [0.15, 0.2) is 11.5 Å². The molecule has 1 amide bonds. The largest absolute Gasteiger partial charge is 0.496 e. The average Bonchev–Trinajstić information content (AvgIpc) is 2.80. The van der Waals surface area contributed by atoms with Crippen LogP contribution in [0.1, 0.15) is 16.7 Å². The summed E-state index contributed by atoms with van der Waals surface area (Å²) in [5.41, 5.74) is 1.72. The van der Waals surface area contributed by atoms with Crippen LogP contribution < -0.4 is 29.9 Å². The summed E-state index contributed by atoms with van der Waals surface area (Å²) in [6.07, 6.45) is 0.510. The van der Waals surface area contributed by atoms with E-state index in [2.05, 4.69) is 5.32 Å². The first-order valence-electron chi connectivity index (χ1n) is 10.1. The van der Waals surface area contributed by atoms with Gasteiger partial charge in [0.1, 0.15) is 17.1 Å². The van der Waals surface area contributed by atoms with Gasteiger partial charge in [0, 0.05) is 18.7 Å². The van der Waals surface area contributed by atoms with Gasteiger partial charge in [0.25, 0.3) is 0 Å². The van der Waals surface area contributed by atoms with Crippen LogP contribution in [0.4, 0.5) is 0 Å². The van der Waals surface area contributed by atoms with Crippen LogP contribution in [0.25, 0.3) is 11.0 Å². The molecular weight excluding hydrogens is 414 g/mol. The molecule has 3 aromatic rings. The summed E-state index contributed by atoms with van der Waals surface area (Å²) in [6, 6.07) is 8.94. The highest BCUT2D eigenvalue weighted by Crippen LogP contribution is 2.33. The summed E-state index contributed by atoms with van der Waals surface area (Å²) < 4.78 is 26.7. The van der Waals surface area contributed by atoms with Gasteiger partial charge in [0.05, 0.1) is 45.8 Å². The van der Waals surface area contributed by atoms with Gasteiger partial charge in [-0.15, -0.1) is 0 Å². The standard InChI is InChI=1S/C24H27NO7/c1-14-17(24(27)32-21-12-16(28-2)11-20(31-5)23(14)21)13-22(26)25-9-8-15-6-7-18(29-3)19(10-15)30-4/h6-7,10-12H,8-9,13H2,1-5H3,(H,25,26). The number of nitrogens with one attached hydrogen (secondary N) is 1. The maximum absolute atomic E-state index is 12.6. The van der Waals surface area contributed by atoms with Crippen molar-refractivity contribution in [2.24, 2.45) is 0 Å². The second-order valence-corrected chi connectivity index (χ2v) is 7.16. The van der Waals surface area contributed by atoms with Crippen molar-refractivity contribution in [1.82, 2.24) is 5.32 Å². The SMILES string of the molecule is COc1cc(OC)c2c(C)c(CC(=O)NCCc3ccc(OC)c(OC)c3)c(=O)oc2c1. The number of carbonyl (C=O) groups excluding carboxylic acids is 1. The van der Waals surface area contributed by atoms with Crippen LogP contribution in [0.2, 0.25) is 0 Å². The van der Waals surface area contributed by atoms with Crippen LogP contribution in [-0.4, -0.2) is 40.9 Å². The molecule has 1 aromatic heterocycles. The lowest BCUT2D eigenvalue weighted by atomic mass is 10.0. The lowest BCUT2D eigenvalue weighted by Gasteiger charge is -2.13. The maximum Gasteiger partial charge on any atom is 0.340 e. The Morgan fingerprint density at radius 3 is 2.31 bits per heavy atom. The molecule has 0 radical (unpaired) electrons. The maximum atomic E-state index is 12.6. The van der Waals surface area contributed by atoms with Crippen molar-refractivity contribution in [3.8, 4) is 23.0 Å². The summed E-state index contributed by atoms with van der Waals surface area (Å²) in [5.74, 6) is 2.03. The Labute approximate surface area is 186 Å². The predicted molar refractivity (Wildman–Crippen MR) is 120 cm³/mol. The quantitative estimate of drug-likeness (QED) is 0.510. The van der Waals surface area contributed by atoms with Crippen molar-refractivity contribution in [2.75, 3.05) is 35.0 Å².